The first kappa shape index (κ1) is 9.90. The summed E-state index contributed by atoms with van der Waals surface area (Å²) in [6, 6.07) is 13.5. The Morgan fingerprint density at radius 2 is 1.59 bits per heavy atom. The van der Waals surface area contributed by atoms with Crippen molar-refractivity contribution in [3.05, 3.63) is 60.1 Å². The molecule has 1 aromatic carbocycles. The molecule has 0 saturated carbocycles. The summed E-state index contributed by atoms with van der Waals surface area (Å²) in [6.07, 6.45) is 1.86. The SMILES string of the molecule is CC1=C(c2cccc[nH+]2)Oc2ccccc2O1. The third-order valence-corrected chi connectivity index (χ3v) is 2.60. The third-order valence-electron chi connectivity index (χ3n) is 2.60. The molecule has 0 bridgehead atoms. The van der Waals surface area contributed by atoms with Crippen LogP contribution in [-0.4, -0.2) is 0 Å². The molecule has 1 aliphatic rings. The monoisotopic (exact) mass is 226 g/mol. The van der Waals surface area contributed by atoms with Gasteiger partial charge in [-0.25, -0.2) is 4.98 Å². The standard InChI is InChI=1S/C14H11NO2/c1-10-14(11-6-4-5-9-15-11)17-13-8-3-2-7-12(13)16-10/h2-9H,1H3/p+1. The quantitative estimate of drug-likeness (QED) is 0.748. The van der Waals surface area contributed by atoms with Crippen molar-refractivity contribution in [2.75, 3.05) is 0 Å². The number of pyridine rings is 1. The molecule has 2 heterocycles. The van der Waals surface area contributed by atoms with Gasteiger partial charge in [0.05, 0.1) is 0 Å². The highest BCUT2D eigenvalue weighted by Crippen LogP contribution is 2.36. The maximum atomic E-state index is 5.85. The number of H-pyrrole nitrogens is 1. The van der Waals surface area contributed by atoms with Crippen LogP contribution in [0, 0.1) is 0 Å². The predicted octanol–water partition coefficient (Wildman–Crippen LogP) is 2.66. The van der Waals surface area contributed by atoms with E-state index < -0.39 is 0 Å². The van der Waals surface area contributed by atoms with Crippen LogP contribution in [0.3, 0.4) is 0 Å². The Morgan fingerprint density at radius 1 is 0.882 bits per heavy atom. The number of aromatic nitrogens is 1. The number of hydrogen-bond acceptors (Lipinski definition) is 2. The lowest BCUT2D eigenvalue weighted by Gasteiger charge is -2.19. The first-order valence-electron chi connectivity index (χ1n) is 5.47. The molecule has 17 heavy (non-hydrogen) atoms. The lowest BCUT2D eigenvalue weighted by atomic mass is 10.2. The van der Waals surface area contributed by atoms with Gasteiger partial charge in [0.15, 0.2) is 23.5 Å². The molecule has 0 fully saturated rings. The Morgan fingerprint density at radius 3 is 2.29 bits per heavy atom. The minimum atomic E-state index is 0.726. The van der Waals surface area contributed by atoms with Crippen LogP contribution in [0.25, 0.3) is 5.76 Å². The van der Waals surface area contributed by atoms with Crippen molar-refractivity contribution in [1.82, 2.24) is 0 Å². The topological polar surface area (TPSA) is 32.6 Å². The number of nitrogens with one attached hydrogen (secondary N) is 1. The summed E-state index contributed by atoms with van der Waals surface area (Å²) in [5.74, 6) is 2.98. The number of fused-ring (bicyclic) bond motifs is 1. The van der Waals surface area contributed by atoms with Crippen LogP contribution in [0.15, 0.2) is 54.4 Å². The van der Waals surface area contributed by atoms with Crippen molar-refractivity contribution in [1.29, 1.82) is 0 Å². The van der Waals surface area contributed by atoms with Gasteiger partial charge in [-0.3, -0.25) is 0 Å². The van der Waals surface area contributed by atoms with E-state index in [9.17, 15) is 0 Å². The highest BCUT2D eigenvalue weighted by molar-refractivity contribution is 5.63. The molecule has 0 saturated heterocycles. The summed E-state index contributed by atoms with van der Waals surface area (Å²) < 4.78 is 11.6. The summed E-state index contributed by atoms with van der Waals surface area (Å²) in [5, 5.41) is 0. The zero-order valence-corrected chi connectivity index (χ0v) is 9.44. The van der Waals surface area contributed by atoms with E-state index >= 15 is 0 Å². The van der Waals surface area contributed by atoms with Gasteiger partial charge in [-0.2, -0.15) is 0 Å². The summed E-state index contributed by atoms with van der Waals surface area (Å²) >= 11 is 0. The Kier molecular flexibility index (Phi) is 2.29. The van der Waals surface area contributed by atoms with E-state index in [2.05, 4.69) is 4.98 Å². The smallest absolute Gasteiger partial charge is 0.250 e. The van der Waals surface area contributed by atoms with E-state index in [1.807, 2.05) is 55.6 Å². The Balaban J connectivity index is 2.03. The molecule has 0 aliphatic carbocycles. The first-order chi connectivity index (χ1) is 8.34. The maximum absolute atomic E-state index is 5.85. The van der Waals surface area contributed by atoms with Crippen molar-refractivity contribution in [3.8, 4) is 11.5 Å². The van der Waals surface area contributed by atoms with Gasteiger partial charge in [0.25, 0.3) is 0 Å². The summed E-state index contributed by atoms with van der Waals surface area (Å²) in [4.78, 5) is 3.14. The van der Waals surface area contributed by atoms with Crippen LogP contribution in [0.4, 0.5) is 0 Å². The second kappa shape index (κ2) is 3.94. The minimum Gasteiger partial charge on any atom is -0.454 e. The molecule has 3 nitrogen and oxygen atoms in total. The minimum absolute atomic E-state index is 0.726. The molecule has 0 radical (unpaired) electrons. The van der Waals surface area contributed by atoms with Crippen molar-refractivity contribution in [2.45, 2.75) is 6.92 Å². The fourth-order valence-electron chi connectivity index (χ4n) is 1.79. The largest absolute Gasteiger partial charge is 0.454 e. The van der Waals surface area contributed by atoms with Gasteiger partial charge >= 0.3 is 0 Å². The summed E-state index contributed by atoms with van der Waals surface area (Å²) in [5.41, 5.74) is 0.902. The second-order valence-corrected chi connectivity index (χ2v) is 3.81. The van der Waals surface area contributed by atoms with Gasteiger partial charge in [0, 0.05) is 12.1 Å². The maximum Gasteiger partial charge on any atom is 0.250 e. The molecule has 2 aromatic rings. The van der Waals surface area contributed by atoms with Crippen LogP contribution >= 0.6 is 0 Å². The Hall–Kier alpha value is -2.29. The van der Waals surface area contributed by atoms with Gasteiger partial charge in [-0.15, -0.1) is 0 Å². The number of para-hydroxylation sites is 2. The van der Waals surface area contributed by atoms with Crippen molar-refractivity contribution in [2.24, 2.45) is 0 Å². The summed E-state index contributed by atoms with van der Waals surface area (Å²) in [6.45, 7) is 1.89. The first-order valence-corrected chi connectivity index (χ1v) is 5.47. The average Bonchev–Trinajstić information content (AvgIpc) is 2.39. The average molecular weight is 226 g/mol. The van der Waals surface area contributed by atoms with Crippen LogP contribution < -0.4 is 14.5 Å². The van der Waals surface area contributed by atoms with E-state index in [0.29, 0.717) is 0 Å². The molecule has 0 atom stereocenters. The van der Waals surface area contributed by atoms with Crippen molar-refractivity contribution >= 4 is 5.76 Å². The lowest BCUT2D eigenvalue weighted by Crippen LogP contribution is -2.16. The predicted molar refractivity (Wildman–Crippen MR) is 63.3 cm³/mol. The highest BCUT2D eigenvalue weighted by Gasteiger charge is 2.23. The van der Waals surface area contributed by atoms with E-state index in [0.717, 1.165) is 28.7 Å². The molecular formula is C14H12NO2+. The number of benzene rings is 1. The van der Waals surface area contributed by atoms with Gasteiger partial charge < -0.3 is 9.47 Å². The zero-order valence-electron chi connectivity index (χ0n) is 9.44. The Bertz CT molecular complexity index is 576. The zero-order chi connectivity index (χ0) is 11.7. The number of allylic oxidation sites excluding steroid dienone is 1. The molecular weight excluding hydrogens is 214 g/mol. The molecule has 0 unspecified atom stereocenters. The van der Waals surface area contributed by atoms with E-state index in [4.69, 9.17) is 9.47 Å². The van der Waals surface area contributed by atoms with Gasteiger partial charge in [-0.1, -0.05) is 12.1 Å². The molecule has 1 N–H and O–H groups in total. The highest BCUT2D eigenvalue weighted by atomic mass is 16.6. The van der Waals surface area contributed by atoms with Gasteiger partial charge in [-0.05, 0) is 25.1 Å². The fraction of sp³-hybridized carbons (Fsp3) is 0.0714. The normalized spacial score (nSPS) is 13.7. The van der Waals surface area contributed by atoms with E-state index in [1.54, 1.807) is 0 Å². The number of rotatable bonds is 1. The lowest BCUT2D eigenvalue weighted by molar-refractivity contribution is -0.383. The number of ether oxygens (including phenoxy) is 2. The van der Waals surface area contributed by atoms with Crippen molar-refractivity contribution in [3.63, 3.8) is 0 Å². The molecule has 0 amide bonds. The Labute approximate surface area is 99.3 Å². The molecule has 3 heteroatoms. The number of hydrogen-bond donors (Lipinski definition) is 0. The molecule has 1 aliphatic heterocycles. The summed E-state index contributed by atoms with van der Waals surface area (Å²) in [7, 11) is 0. The van der Waals surface area contributed by atoms with E-state index in [1.165, 1.54) is 0 Å². The van der Waals surface area contributed by atoms with Crippen LogP contribution in [0.2, 0.25) is 0 Å². The van der Waals surface area contributed by atoms with E-state index in [-0.39, 0.29) is 0 Å². The third kappa shape index (κ3) is 1.76. The molecule has 1 aromatic heterocycles. The molecule has 0 spiro atoms. The van der Waals surface area contributed by atoms with Gasteiger partial charge in [0.1, 0.15) is 0 Å². The number of aromatic amines is 1. The molecule has 84 valence electrons. The molecule has 3 rings (SSSR count). The fourth-order valence-corrected chi connectivity index (χ4v) is 1.79. The van der Waals surface area contributed by atoms with Crippen molar-refractivity contribution < 1.29 is 14.5 Å². The van der Waals surface area contributed by atoms with Crippen LogP contribution in [0.5, 0.6) is 11.5 Å². The van der Waals surface area contributed by atoms with Crippen LogP contribution in [-0.2, 0) is 0 Å². The second-order valence-electron chi connectivity index (χ2n) is 3.81. The van der Waals surface area contributed by atoms with Gasteiger partial charge in [0.2, 0.25) is 11.5 Å². The van der Waals surface area contributed by atoms with Crippen LogP contribution in [0.1, 0.15) is 12.6 Å².